The van der Waals surface area contributed by atoms with Gasteiger partial charge in [0.2, 0.25) is 0 Å². The maximum absolute atomic E-state index is 11.2. The molecule has 4 heteroatoms. The molecule has 1 aromatic rings. The first-order chi connectivity index (χ1) is 6.19. The van der Waals surface area contributed by atoms with Crippen molar-refractivity contribution in [2.45, 2.75) is 0 Å². The first-order valence-electron chi connectivity index (χ1n) is 3.74. The normalized spacial score (nSPS) is 9.46. The third-order valence-electron chi connectivity index (χ3n) is 1.64. The first kappa shape index (κ1) is 9.86. The zero-order valence-corrected chi connectivity index (χ0v) is 8.18. The zero-order valence-electron chi connectivity index (χ0n) is 7.43. The van der Waals surface area contributed by atoms with E-state index in [9.17, 15) is 4.79 Å². The molecule has 3 nitrogen and oxygen atoms in total. The topological polar surface area (TPSA) is 38.3 Å². The Kier molecular flexibility index (Phi) is 3.14. The van der Waals surface area contributed by atoms with E-state index < -0.39 is 0 Å². The number of halogens is 1. The van der Waals surface area contributed by atoms with Crippen LogP contribution in [0.25, 0.3) is 0 Å². The fraction of sp³-hybridized carbons (Fsp3) is 0.222. The highest BCUT2D eigenvalue weighted by atomic mass is 35.5. The van der Waals surface area contributed by atoms with E-state index in [2.05, 4.69) is 5.32 Å². The van der Waals surface area contributed by atoms with E-state index >= 15 is 0 Å². The lowest BCUT2D eigenvalue weighted by Crippen LogP contribution is -2.17. The molecular weight excluding hydrogens is 190 g/mol. The molecule has 70 valence electrons. The van der Waals surface area contributed by atoms with E-state index in [4.69, 9.17) is 16.3 Å². The van der Waals surface area contributed by atoms with Gasteiger partial charge in [0, 0.05) is 12.6 Å². The average Bonchev–Trinajstić information content (AvgIpc) is 2.16. The third-order valence-corrected chi connectivity index (χ3v) is 1.94. The largest absolute Gasteiger partial charge is 0.495 e. The summed E-state index contributed by atoms with van der Waals surface area (Å²) in [4.78, 5) is 11.2. The van der Waals surface area contributed by atoms with Crippen molar-refractivity contribution in [1.29, 1.82) is 0 Å². The molecule has 0 bridgehead atoms. The second-order valence-electron chi connectivity index (χ2n) is 2.43. The summed E-state index contributed by atoms with van der Waals surface area (Å²) in [5, 5.41) is 2.94. The van der Waals surface area contributed by atoms with Gasteiger partial charge in [-0.05, 0) is 18.2 Å². The fourth-order valence-electron chi connectivity index (χ4n) is 0.952. The van der Waals surface area contributed by atoms with Crippen molar-refractivity contribution in [1.82, 2.24) is 5.32 Å². The van der Waals surface area contributed by atoms with Crippen molar-refractivity contribution in [3.05, 3.63) is 28.8 Å². The number of ether oxygens (including phenoxy) is 1. The van der Waals surface area contributed by atoms with Gasteiger partial charge in [0.1, 0.15) is 5.75 Å². The molecule has 1 amide bonds. The smallest absolute Gasteiger partial charge is 0.251 e. The molecule has 13 heavy (non-hydrogen) atoms. The van der Waals surface area contributed by atoms with Crippen LogP contribution < -0.4 is 10.1 Å². The standard InChI is InChI=1S/C9H10ClNO2/c1-11-9(12)6-3-4-8(13-2)7(10)5-6/h3-5H,1-2H3,(H,11,12). The molecular formula is C9H10ClNO2. The highest BCUT2D eigenvalue weighted by Gasteiger charge is 2.06. The predicted molar refractivity (Wildman–Crippen MR) is 51.4 cm³/mol. The first-order valence-corrected chi connectivity index (χ1v) is 4.12. The maximum atomic E-state index is 11.2. The van der Waals surface area contributed by atoms with Crippen LogP contribution in [0.5, 0.6) is 5.75 Å². The van der Waals surface area contributed by atoms with E-state index in [0.717, 1.165) is 0 Å². The lowest BCUT2D eigenvalue weighted by Gasteiger charge is -2.04. The summed E-state index contributed by atoms with van der Waals surface area (Å²) in [6.07, 6.45) is 0. The van der Waals surface area contributed by atoms with Gasteiger partial charge in [-0.15, -0.1) is 0 Å². The average molecular weight is 200 g/mol. The van der Waals surface area contributed by atoms with E-state index in [0.29, 0.717) is 16.3 Å². The summed E-state index contributed by atoms with van der Waals surface area (Å²) < 4.78 is 4.95. The summed E-state index contributed by atoms with van der Waals surface area (Å²) in [6.45, 7) is 0. The molecule has 0 aliphatic heterocycles. The molecule has 0 radical (unpaired) electrons. The van der Waals surface area contributed by atoms with Crippen LogP contribution in [0.2, 0.25) is 5.02 Å². The van der Waals surface area contributed by atoms with Crippen LogP contribution in [0, 0.1) is 0 Å². The quantitative estimate of drug-likeness (QED) is 0.788. The molecule has 1 aromatic carbocycles. The van der Waals surface area contributed by atoms with Crippen molar-refractivity contribution in [3.8, 4) is 5.75 Å². The van der Waals surface area contributed by atoms with Gasteiger partial charge in [-0.1, -0.05) is 11.6 Å². The summed E-state index contributed by atoms with van der Waals surface area (Å²) in [5.41, 5.74) is 0.522. The minimum atomic E-state index is -0.162. The van der Waals surface area contributed by atoms with Crippen LogP contribution in [-0.4, -0.2) is 20.1 Å². The summed E-state index contributed by atoms with van der Waals surface area (Å²) >= 11 is 5.83. The molecule has 1 rings (SSSR count). The molecule has 0 aliphatic carbocycles. The Morgan fingerprint density at radius 1 is 1.54 bits per heavy atom. The number of methoxy groups -OCH3 is 1. The van der Waals surface area contributed by atoms with Gasteiger partial charge in [-0.25, -0.2) is 0 Å². The monoisotopic (exact) mass is 199 g/mol. The minimum Gasteiger partial charge on any atom is -0.495 e. The summed E-state index contributed by atoms with van der Waals surface area (Å²) in [7, 11) is 3.10. The van der Waals surface area contributed by atoms with Crippen LogP contribution in [0.4, 0.5) is 0 Å². The Bertz CT molecular complexity index is 325. The van der Waals surface area contributed by atoms with Gasteiger partial charge in [0.15, 0.2) is 0 Å². The molecule has 0 heterocycles. The molecule has 0 fully saturated rings. The van der Waals surface area contributed by atoms with Crippen LogP contribution in [0.15, 0.2) is 18.2 Å². The van der Waals surface area contributed by atoms with Crippen molar-refractivity contribution >= 4 is 17.5 Å². The van der Waals surface area contributed by atoms with Gasteiger partial charge in [0.25, 0.3) is 5.91 Å². The number of rotatable bonds is 2. The number of carbonyl (C=O) groups is 1. The Morgan fingerprint density at radius 3 is 2.69 bits per heavy atom. The van der Waals surface area contributed by atoms with E-state index in [1.54, 1.807) is 25.2 Å². The SMILES string of the molecule is CNC(=O)c1ccc(OC)c(Cl)c1. The molecule has 0 spiro atoms. The molecule has 0 saturated heterocycles. The number of hydrogen-bond acceptors (Lipinski definition) is 2. The van der Waals surface area contributed by atoms with Crippen molar-refractivity contribution in [2.75, 3.05) is 14.2 Å². The van der Waals surface area contributed by atoms with E-state index in [1.807, 2.05) is 0 Å². The van der Waals surface area contributed by atoms with Gasteiger partial charge >= 0.3 is 0 Å². The van der Waals surface area contributed by atoms with Crippen molar-refractivity contribution in [2.24, 2.45) is 0 Å². The molecule has 0 aromatic heterocycles. The van der Waals surface area contributed by atoms with E-state index in [-0.39, 0.29) is 5.91 Å². The highest BCUT2D eigenvalue weighted by Crippen LogP contribution is 2.24. The molecule has 1 N–H and O–H groups in total. The van der Waals surface area contributed by atoms with Crippen molar-refractivity contribution in [3.63, 3.8) is 0 Å². The van der Waals surface area contributed by atoms with Gasteiger partial charge < -0.3 is 10.1 Å². The lowest BCUT2D eigenvalue weighted by atomic mass is 10.2. The summed E-state index contributed by atoms with van der Waals surface area (Å²) in [5.74, 6) is 0.402. The summed E-state index contributed by atoms with van der Waals surface area (Å²) in [6, 6.07) is 4.88. The second kappa shape index (κ2) is 4.14. The highest BCUT2D eigenvalue weighted by molar-refractivity contribution is 6.32. The maximum Gasteiger partial charge on any atom is 0.251 e. The van der Waals surface area contributed by atoms with E-state index in [1.165, 1.54) is 7.11 Å². The molecule has 0 atom stereocenters. The zero-order chi connectivity index (χ0) is 9.84. The van der Waals surface area contributed by atoms with Crippen molar-refractivity contribution < 1.29 is 9.53 Å². The molecule has 0 unspecified atom stereocenters. The lowest BCUT2D eigenvalue weighted by molar-refractivity contribution is 0.0963. The van der Waals surface area contributed by atoms with Gasteiger partial charge in [0.05, 0.1) is 12.1 Å². The van der Waals surface area contributed by atoms with Crippen LogP contribution in [0.3, 0.4) is 0 Å². The van der Waals surface area contributed by atoms with Crippen LogP contribution >= 0.6 is 11.6 Å². The number of nitrogens with one attached hydrogen (secondary N) is 1. The third kappa shape index (κ3) is 2.12. The Balaban J connectivity index is 3.02. The van der Waals surface area contributed by atoms with Gasteiger partial charge in [-0.3, -0.25) is 4.79 Å². The fourth-order valence-corrected chi connectivity index (χ4v) is 1.21. The number of carbonyl (C=O) groups excluding carboxylic acids is 1. The Hall–Kier alpha value is -1.22. The van der Waals surface area contributed by atoms with Gasteiger partial charge in [-0.2, -0.15) is 0 Å². The minimum absolute atomic E-state index is 0.162. The molecule has 0 aliphatic rings. The second-order valence-corrected chi connectivity index (χ2v) is 2.84. The molecule has 0 saturated carbocycles. The Morgan fingerprint density at radius 2 is 2.23 bits per heavy atom. The van der Waals surface area contributed by atoms with Crippen LogP contribution in [-0.2, 0) is 0 Å². The number of benzene rings is 1. The number of amides is 1. The Labute approximate surface area is 81.7 Å². The number of hydrogen-bond donors (Lipinski definition) is 1. The van der Waals surface area contributed by atoms with Crippen LogP contribution in [0.1, 0.15) is 10.4 Å². The predicted octanol–water partition coefficient (Wildman–Crippen LogP) is 1.71.